The summed E-state index contributed by atoms with van der Waals surface area (Å²) in [6.07, 6.45) is 5.90. The average molecular weight is 277 g/mol. The van der Waals surface area contributed by atoms with E-state index < -0.39 is 0 Å². The first-order valence-electron chi connectivity index (χ1n) is 6.55. The first kappa shape index (κ1) is 13.7. The molecule has 19 heavy (non-hydrogen) atoms. The second-order valence-electron chi connectivity index (χ2n) is 4.34. The van der Waals surface area contributed by atoms with E-state index in [9.17, 15) is 0 Å². The fourth-order valence-electron chi connectivity index (χ4n) is 1.77. The Hall–Kier alpha value is -1.69. The zero-order valence-corrected chi connectivity index (χ0v) is 11.9. The van der Waals surface area contributed by atoms with Crippen molar-refractivity contribution in [2.24, 2.45) is 0 Å². The minimum atomic E-state index is 0.594. The SMILES string of the molecule is CCc1nsc(NCCCCc2ccnc(N)c2)n1. The summed E-state index contributed by atoms with van der Waals surface area (Å²) in [4.78, 5) is 8.35. The van der Waals surface area contributed by atoms with Crippen molar-refractivity contribution < 1.29 is 0 Å². The number of nitrogens with one attached hydrogen (secondary N) is 1. The molecule has 0 aliphatic rings. The number of hydrogen-bond donors (Lipinski definition) is 2. The van der Waals surface area contributed by atoms with E-state index in [1.54, 1.807) is 6.20 Å². The van der Waals surface area contributed by atoms with Crippen molar-refractivity contribution in [3.63, 3.8) is 0 Å². The van der Waals surface area contributed by atoms with Crippen LogP contribution in [-0.2, 0) is 12.8 Å². The van der Waals surface area contributed by atoms with Crippen LogP contribution >= 0.6 is 11.5 Å². The van der Waals surface area contributed by atoms with E-state index in [1.165, 1.54) is 17.1 Å². The Bertz CT molecular complexity index is 511. The molecule has 0 aromatic carbocycles. The molecule has 0 saturated carbocycles. The lowest BCUT2D eigenvalue weighted by molar-refractivity contribution is 0.762. The summed E-state index contributed by atoms with van der Waals surface area (Å²) in [5.41, 5.74) is 6.89. The topological polar surface area (TPSA) is 76.7 Å². The van der Waals surface area contributed by atoms with Gasteiger partial charge in [-0.3, -0.25) is 0 Å². The molecule has 0 spiro atoms. The molecule has 0 aliphatic carbocycles. The van der Waals surface area contributed by atoms with Crippen molar-refractivity contribution in [1.82, 2.24) is 14.3 Å². The highest BCUT2D eigenvalue weighted by Gasteiger charge is 2.01. The minimum Gasteiger partial charge on any atom is -0.384 e. The summed E-state index contributed by atoms with van der Waals surface area (Å²) >= 11 is 1.43. The van der Waals surface area contributed by atoms with Gasteiger partial charge in [-0.1, -0.05) is 6.92 Å². The van der Waals surface area contributed by atoms with Gasteiger partial charge in [0.2, 0.25) is 5.13 Å². The Morgan fingerprint density at radius 2 is 2.26 bits per heavy atom. The van der Waals surface area contributed by atoms with E-state index in [0.717, 1.165) is 43.2 Å². The fraction of sp³-hybridized carbons (Fsp3) is 0.462. The summed E-state index contributed by atoms with van der Waals surface area (Å²) in [5.74, 6) is 1.51. The molecule has 2 aromatic heterocycles. The Morgan fingerprint density at radius 1 is 1.37 bits per heavy atom. The number of nitrogens with two attached hydrogens (primary N) is 1. The van der Waals surface area contributed by atoms with Crippen LogP contribution in [0.4, 0.5) is 10.9 Å². The van der Waals surface area contributed by atoms with Crippen LogP contribution in [0.3, 0.4) is 0 Å². The fourth-order valence-corrected chi connectivity index (χ4v) is 2.44. The monoisotopic (exact) mass is 277 g/mol. The predicted octanol–water partition coefficient (Wildman–Crippen LogP) is 2.51. The Balaban J connectivity index is 1.64. The second-order valence-corrected chi connectivity index (χ2v) is 5.09. The molecule has 0 bridgehead atoms. The molecule has 0 aliphatic heterocycles. The first-order chi connectivity index (χ1) is 9.28. The zero-order valence-electron chi connectivity index (χ0n) is 11.1. The van der Waals surface area contributed by atoms with Gasteiger partial charge in [0, 0.05) is 30.7 Å². The van der Waals surface area contributed by atoms with Crippen LogP contribution in [0.2, 0.25) is 0 Å². The molecular weight excluding hydrogens is 258 g/mol. The number of pyridine rings is 1. The van der Waals surface area contributed by atoms with Gasteiger partial charge in [-0.2, -0.15) is 4.37 Å². The number of hydrogen-bond acceptors (Lipinski definition) is 6. The number of rotatable bonds is 7. The molecular formula is C13H19N5S. The van der Waals surface area contributed by atoms with Gasteiger partial charge < -0.3 is 11.1 Å². The van der Waals surface area contributed by atoms with Crippen LogP contribution in [0.15, 0.2) is 18.3 Å². The van der Waals surface area contributed by atoms with Gasteiger partial charge in [0.1, 0.15) is 11.6 Å². The minimum absolute atomic E-state index is 0.594. The Morgan fingerprint density at radius 3 is 3.00 bits per heavy atom. The molecule has 0 fully saturated rings. The van der Waals surface area contributed by atoms with Crippen LogP contribution in [0.5, 0.6) is 0 Å². The molecule has 3 N–H and O–H groups in total. The van der Waals surface area contributed by atoms with E-state index in [4.69, 9.17) is 5.73 Å². The van der Waals surface area contributed by atoms with Gasteiger partial charge in [0.25, 0.3) is 0 Å². The molecule has 2 heterocycles. The summed E-state index contributed by atoms with van der Waals surface area (Å²) in [5, 5.41) is 4.23. The standard InChI is InChI=1S/C13H19N5S/c1-2-12-17-13(19-18-12)16-7-4-3-5-10-6-8-15-11(14)9-10/h6,8-9H,2-5,7H2,1H3,(H2,14,15)(H,16,17,18). The molecule has 102 valence electrons. The Kier molecular flexibility index (Phi) is 5.09. The Labute approximate surface area is 117 Å². The summed E-state index contributed by atoms with van der Waals surface area (Å²) in [7, 11) is 0. The number of anilines is 2. The molecule has 2 aromatic rings. The third-order valence-corrected chi connectivity index (χ3v) is 3.51. The van der Waals surface area contributed by atoms with Crippen LogP contribution in [0.1, 0.15) is 31.2 Å². The lowest BCUT2D eigenvalue weighted by Gasteiger charge is -2.03. The second kappa shape index (κ2) is 7.04. The molecule has 0 atom stereocenters. The van der Waals surface area contributed by atoms with Crippen LogP contribution in [0, 0.1) is 0 Å². The maximum absolute atomic E-state index is 5.64. The summed E-state index contributed by atoms with van der Waals surface area (Å²) < 4.78 is 4.24. The molecule has 2 rings (SSSR count). The lowest BCUT2D eigenvalue weighted by atomic mass is 10.1. The normalized spacial score (nSPS) is 10.6. The van der Waals surface area contributed by atoms with Crippen LogP contribution < -0.4 is 11.1 Å². The van der Waals surface area contributed by atoms with Gasteiger partial charge >= 0.3 is 0 Å². The maximum Gasteiger partial charge on any atom is 0.202 e. The van der Waals surface area contributed by atoms with E-state index in [0.29, 0.717) is 5.82 Å². The molecule has 0 unspecified atom stereocenters. The summed E-state index contributed by atoms with van der Waals surface area (Å²) in [6, 6.07) is 3.95. The smallest absolute Gasteiger partial charge is 0.202 e. The first-order valence-corrected chi connectivity index (χ1v) is 7.32. The zero-order chi connectivity index (χ0) is 13.5. The lowest BCUT2D eigenvalue weighted by Crippen LogP contribution is -2.02. The number of nitrogen functional groups attached to an aromatic ring is 1. The maximum atomic E-state index is 5.64. The van der Waals surface area contributed by atoms with Crippen molar-refractivity contribution >= 4 is 22.5 Å². The van der Waals surface area contributed by atoms with Gasteiger partial charge in [-0.05, 0) is 37.0 Å². The summed E-state index contributed by atoms with van der Waals surface area (Å²) in [6.45, 7) is 2.99. The van der Waals surface area contributed by atoms with Gasteiger partial charge in [-0.15, -0.1) is 0 Å². The highest BCUT2D eigenvalue weighted by molar-refractivity contribution is 7.09. The molecule has 0 saturated heterocycles. The molecule has 6 heteroatoms. The molecule has 0 amide bonds. The van der Waals surface area contributed by atoms with Gasteiger partial charge in [0.05, 0.1) is 0 Å². The number of unbranched alkanes of at least 4 members (excludes halogenated alkanes) is 1. The van der Waals surface area contributed by atoms with Crippen molar-refractivity contribution in [3.05, 3.63) is 29.7 Å². The average Bonchev–Trinajstić information content (AvgIpc) is 2.86. The number of aryl methyl sites for hydroxylation is 2. The third kappa shape index (κ3) is 4.48. The van der Waals surface area contributed by atoms with Crippen molar-refractivity contribution in [1.29, 1.82) is 0 Å². The van der Waals surface area contributed by atoms with E-state index in [-0.39, 0.29) is 0 Å². The quantitative estimate of drug-likeness (QED) is 0.760. The largest absolute Gasteiger partial charge is 0.384 e. The highest BCUT2D eigenvalue weighted by Crippen LogP contribution is 2.12. The van der Waals surface area contributed by atoms with Crippen molar-refractivity contribution in [2.45, 2.75) is 32.6 Å². The molecule has 0 radical (unpaired) electrons. The van der Waals surface area contributed by atoms with E-state index in [1.807, 2.05) is 12.1 Å². The van der Waals surface area contributed by atoms with Crippen molar-refractivity contribution in [3.8, 4) is 0 Å². The number of aromatic nitrogens is 3. The van der Waals surface area contributed by atoms with Crippen LogP contribution in [0.25, 0.3) is 0 Å². The van der Waals surface area contributed by atoms with Crippen LogP contribution in [-0.4, -0.2) is 20.9 Å². The third-order valence-electron chi connectivity index (χ3n) is 2.80. The van der Waals surface area contributed by atoms with E-state index in [2.05, 4.69) is 26.6 Å². The number of nitrogens with zero attached hydrogens (tertiary/aromatic N) is 3. The highest BCUT2D eigenvalue weighted by atomic mass is 32.1. The van der Waals surface area contributed by atoms with Crippen molar-refractivity contribution in [2.75, 3.05) is 17.6 Å². The molecule has 5 nitrogen and oxygen atoms in total. The van der Waals surface area contributed by atoms with Gasteiger partial charge in [0.15, 0.2) is 0 Å². The predicted molar refractivity (Wildman–Crippen MR) is 79.4 cm³/mol. The van der Waals surface area contributed by atoms with Gasteiger partial charge in [-0.25, -0.2) is 9.97 Å². The van der Waals surface area contributed by atoms with E-state index >= 15 is 0 Å².